The van der Waals surface area contributed by atoms with Crippen LogP contribution in [-0.2, 0) is 0 Å². The largest absolute Gasteiger partial charge is 0.497 e. The third-order valence-electron chi connectivity index (χ3n) is 3.22. The summed E-state index contributed by atoms with van der Waals surface area (Å²) in [6, 6.07) is 11.4. The molecular formula is C17H14O4. The first-order valence-electron chi connectivity index (χ1n) is 6.49. The Kier molecular flexibility index (Phi) is 3.67. The maximum atomic E-state index is 8.90. The maximum absolute atomic E-state index is 8.90. The SMILES string of the molecule is COc1ccc(-c2cc3c(cc2C#CCO)OCO3)cc1. The number of methoxy groups -OCH3 is 1. The number of aliphatic hydroxyl groups excluding tert-OH is 1. The molecule has 3 rings (SSSR count). The van der Waals surface area contributed by atoms with Gasteiger partial charge in [-0.2, -0.15) is 0 Å². The fraction of sp³-hybridized carbons (Fsp3) is 0.176. The highest BCUT2D eigenvalue weighted by Crippen LogP contribution is 2.38. The van der Waals surface area contributed by atoms with Gasteiger partial charge in [0, 0.05) is 17.2 Å². The van der Waals surface area contributed by atoms with Crippen molar-refractivity contribution >= 4 is 0 Å². The molecule has 0 spiro atoms. The first-order valence-corrected chi connectivity index (χ1v) is 6.49. The number of hydrogen-bond donors (Lipinski definition) is 1. The second kappa shape index (κ2) is 5.78. The molecule has 21 heavy (non-hydrogen) atoms. The molecule has 0 radical (unpaired) electrons. The molecule has 0 fully saturated rings. The van der Waals surface area contributed by atoms with E-state index in [1.165, 1.54) is 0 Å². The van der Waals surface area contributed by atoms with Gasteiger partial charge in [0.05, 0.1) is 7.11 Å². The molecular weight excluding hydrogens is 268 g/mol. The first kappa shape index (κ1) is 13.3. The molecule has 0 aromatic heterocycles. The van der Waals surface area contributed by atoms with Gasteiger partial charge in [-0.3, -0.25) is 0 Å². The summed E-state index contributed by atoms with van der Waals surface area (Å²) in [6.45, 7) is 0.0325. The predicted octanol–water partition coefficient (Wildman–Crippen LogP) is 2.43. The van der Waals surface area contributed by atoms with Crippen molar-refractivity contribution in [3.63, 3.8) is 0 Å². The number of aliphatic hydroxyl groups is 1. The predicted molar refractivity (Wildman–Crippen MR) is 78.5 cm³/mol. The zero-order valence-electron chi connectivity index (χ0n) is 11.6. The average Bonchev–Trinajstić information content (AvgIpc) is 2.99. The van der Waals surface area contributed by atoms with Crippen molar-refractivity contribution in [1.29, 1.82) is 0 Å². The fourth-order valence-electron chi connectivity index (χ4n) is 2.19. The van der Waals surface area contributed by atoms with Gasteiger partial charge in [0.25, 0.3) is 0 Å². The van der Waals surface area contributed by atoms with Gasteiger partial charge in [-0.15, -0.1) is 0 Å². The van der Waals surface area contributed by atoms with Crippen molar-refractivity contribution < 1.29 is 19.3 Å². The van der Waals surface area contributed by atoms with Gasteiger partial charge < -0.3 is 19.3 Å². The summed E-state index contributed by atoms with van der Waals surface area (Å²) in [6.07, 6.45) is 0. The lowest BCUT2D eigenvalue weighted by Crippen LogP contribution is -1.92. The zero-order chi connectivity index (χ0) is 14.7. The molecule has 0 saturated heterocycles. The highest BCUT2D eigenvalue weighted by atomic mass is 16.7. The highest BCUT2D eigenvalue weighted by molar-refractivity contribution is 5.75. The first-order chi connectivity index (χ1) is 10.3. The van der Waals surface area contributed by atoms with Crippen LogP contribution in [0.1, 0.15) is 5.56 Å². The molecule has 106 valence electrons. The summed E-state index contributed by atoms with van der Waals surface area (Å²) < 4.78 is 16.0. The fourth-order valence-corrected chi connectivity index (χ4v) is 2.19. The number of hydrogen-bond acceptors (Lipinski definition) is 4. The van der Waals surface area contributed by atoms with E-state index in [1.807, 2.05) is 36.4 Å². The molecule has 0 aliphatic carbocycles. The second-order valence-corrected chi connectivity index (χ2v) is 4.44. The van der Waals surface area contributed by atoms with E-state index >= 15 is 0 Å². The van der Waals surface area contributed by atoms with Crippen LogP contribution in [0.4, 0.5) is 0 Å². The van der Waals surface area contributed by atoms with Crippen LogP contribution < -0.4 is 14.2 Å². The normalized spacial score (nSPS) is 11.7. The smallest absolute Gasteiger partial charge is 0.231 e. The molecule has 1 N–H and O–H groups in total. The van der Waals surface area contributed by atoms with Crippen LogP contribution in [0, 0.1) is 11.8 Å². The Morgan fingerprint density at radius 2 is 1.86 bits per heavy atom. The topological polar surface area (TPSA) is 47.9 Å². The Hall–Kier alpha value is -2.64. The van der Waals surface area contributed by atoms with Crippen LogP contribution in [-0.4, -0.2) is 25.6 Å². The number of benzene rings is 2. The van der Waals surface area contributed by atoms with Crippen LogP contribution >= 0.6 is 0 Å². The van der Waals surface area contributed by atoms with E-state index in [1.54, 1.807) is 7.11 Å². The summed E-state index contributed by atoms with van der Waals surface area (Å²) in [4.78, 5) is 0. The number of fused-ring (bicyclic) bond motifs is 1. The molecule has 0 saturated carbocycles. The lowest BCUT2D eigenvalue weighted by Gasteiger charge is -2.08. The molecule has 0 atom stereocenters. The Balaban J connectivity index is 2.10. The summed E-state index contributed by atoms with van der Waals surface area (Å²) >= 11 is 0. The van der Waals surface area contributed by atoms with Gasteiger partial charge in [-0.05, 0) is 23.8 Å². The Morgan fingerprint density at radius 3 is 2.52 bits per heavy atom. The molecule has 1 aliphatic heterocycles. The highest BCUT2D eigenvalue weighted by Gasteiger charge is 2.17. The van der Waals surface area contributed by atoms with Crippen molar-refractivity contribution in [2.24, 2.45) is 0 Å². The summed E-state index contributed by atoms with van der Waals surface area (Å²) in [5.41, 5.74) is 2.72. The van der Waals surface area contributed by atoms with E-state index in [9.17, 15) is 0 Å². The van der Waals surface area contributed by atoms with Crippen molar-refractivity contribution in [1.82, 2.24) is 0 Å². The van der Waals surface area contributed by atoms with Gasteiger partial charge in [0.15, 0.2) is 11.5 Å². The summed E-state index contributed by atoms with van der Waals surface area (Å²) in [7, 11) is 1.63. The van der Waals surface area contributed by atoms with Gasteiger partial charge in [0.1, 0.15) is 12.4 Å². The minimum Gasteiger partial charge on any atom is -0.497 e. The van der Waals surface area contributed by atoms with E-state index in [4.69, 9.17) is 19.3 Å². The molecule has 1 aliphatic rings. The third-order valence-corrected chi connectivity index (χ3v) is 3.22. The number of ether oxygens (including phenoxy) is 3. The third kappa shape index (κ3) is 2.64. The maximum Gasteiger partial charge on any atom is 0.231 e. The molecule has 4 nitrogen and oxygen atoms in total. The average molecular weight is 282 g/mol. The van der Waals surface area contributed by atoms with Gasteiger partial charge >= 0.3 is 0 Å². The van der Waals surface area contributed by atoms with Crippen molar-refractivity contribution in [3.05, 3.63) is 42.0 Å². The van der Waals surface area contributed by atoms with Crippen LogP contribution in [0.2, 0.25) is 0 Å². The van der Waals surface area contributed by atoms with Crippen LogP contribution in [0.15, 0.2) is 36.4 Å². The van der Waals surface area contributed by atoms with Crippen LogP contribution in [0.5, 0.6) is 17.2 Å². The van der Waals surface area contributed by atoms with E-state index in [2.05, 4.69) is 11.8 Å². The molecule has 1 heterocycles. The monoisotopic (exact) mass is 282 g/mol. The molecule has 2 aromatic rings. The van der Waals surface area contributed by atoms with Gasteiger partial charge in [0.2, 0.25) is 6.79 Å². The summed E-state index contributed by atoms with van der Waals surface area (Å²) in [5, 5.41) is 8.90. The quantitative estimate of drug-likeness (QED) is 0.859. The Bertz CT molecular complexity index is 708. The Morgan fingerprint density at radius 1 is 1.14 bits per heavy atom. The van der Waals surface area contributed by atoms with E-state index in [-0.39, 0.29) is 13.4 Å². The Labute approximate surface area is 122 Å². The summed E-state index contributed by atoms with van der Waals surface area (Å²) in [5.74, 6) is 7.80. The van der Waals surface area contributed by atoms with E-state index in [0.29, 0.717) is 11.5 Å². The lowest BCUT2D eigenvalue weighted by atomic mass is 9.99. The van der Waals surface area contributed by atoms with Crippen molar-refractivity contribution in [2.75, 3.05) is 20.5 Å². The second-order valence-electron chi connectivity index (χ2n) is 4.44. The zero-order valence-corrected chi connectivity index (χ0v) is 11.6. The van der Waals surface area contributed by atoms with Crippen molar-refractivity contribution in [3.8, 4) is 40.2 Å². The standard InChI is InChI=1S/C17H14O4/c1-19-14-6-4-12(5-7-14)15-10-17-16(20-11-21-17)9-13(15)3-2-8-18/h4-7,9-10,18H,8,11H2,1H3. The molecule has 0 bridgehead atoms. The number of rotatable bonds is 2. The van der Waals surface area contributed by atoms with Crippen LogP contribution in [0.3, 0.4) is 0 Å². The lowest BCUT2D eigenvalue weighted by molar-refractivity contribution is 0.174. The van der Waals surface area contributed by atoms with E-state index < -0.39 is 0 Å². The van der Waals surface area contributed by atoms with Crippen LogP contribution in [0.25, 0.3) is 11.1 Å². The van der Waals surface area contributed by atoms with Gasteiger partial charge in [-0.1, -0.05) is 24.0 Å². The molecule has 0 amide bonds. The minimum absolute atomic E-state index is 0.184. The molecule has 0 unspecified atom stereocenters. The van der Waals surface area contributed by atoms with Crippen molar-refractivity contribution in [2.45, 2.75) is 0 Å². The molecule has 2 aromatic carbocycles. The van der Waals surface area contributed by atoms with Gasteiger partial charge in [-0.25, -0.2) is 0 Å². The van der Waals surface area contributed by atoms with E-state index in [0.717, 1.165) is 22.4 Å². The minimum atomic E-state index is -0.184. The molecule has 4 heteroatoms.